The van der Waals surface area contributed by atoms with Crippen LogP contribution in [0.2, 0.25) is 0 Å². The molecule has 0 atom stereocenters. The van der Waals surface area contributed by atoms with Gasteiger partial charge >= 0.3 is 51.4 Å². The van der Waals surface area contributed by atoms with Gasteiger partial charge in [-0.25, -0.2) is 18.2 Å². The van der Waals surface area contributed by atoms with E-state index in [1.807, 2.05) is 0 Å². The molecule has 1 aromatic rings. The van der Waals surface area contributed by atoms with Crippen molar-refractivity contribution in [1.29, 1.82) is 0 Å². The van der Waals surface area contributed by atoms with E-state index in [1.54, 1.807) is 0 Å². The molecule has 0 radical (unpaired) electrons. The van der Waals surface area contributed by atoms with E-state index in [0.717, 1.165) is 11.3 Å². The summed E-state index contributed by atoms with van der Waals surface area (Å²) in [5, 5.41) is 8.46. The minimum atomic E-state index is -3.83. The minimum absolute atomic E-state index is 0. The number of carbonyl (C=O) groups is 1. The molecule has 0 saturated carbocycles. The molecule has 15 heavy (non-hydrogen) atoms. The molecule has 80 valence electrons. The van der Waals surface area contributed by atoms with Crippen LogP contribution in [0.5, 0.6) is 0 Å². The van der Waals surface area contributed by atoms with Crippen molar-refractivity contribution in [3.05, 3.63) is 4.80 Å². The molecular formula is C5H9KN4O3S2. The van der Waals surface area contributed by atoms with Gasteiger partial charge in [-0.15, -0.1) is 5.10 Å². The van der Waals surface area contributed by atoms with Gasteiger partial charge in [-0.3, -0.25) is 4.79 Å². The van der Waals surface area contributed by atoms with E-state index in [2.05, 4.69) is 10.1 Å². The second-order valence-corrected chi connectivity index (χ2v) is 5.14. The van der Waals surface area contributed by atoms with Crippen LogP contribution in [0, 0.1) is 0 Å². The zero-order chi connectivity index (χ0) is 10.9. The summed E-state index contributed by atoms with van der Waals surface area (Å²) in [7, 11) is -2.35. The predicted molar refractivity (Wildman–Crippen MR) is 55.9 cm³/mol. The Balaban J connectivity index is 0.00000196. The molecule has 1 rings (SSSR count). The van der Waals surface area contributed by atoms with E-state index >= 15 is 0 Å². The van der Waals surface area contributed by atoms with Gasteiger partial charge in [0.25, 0.3) is 10.0 Å². The third-order valence-electron chi connectivity index (χ3n) is 1.18. The Morgan fingerprint density at radius 3 is 2.47 bits per heavy atom. The zero-order valence-corrected chi connectivity index (χ0v) is 9.09. The molecule has 0 saturated heterocycles. The van der Waals surface area contributed by atoms with E-state index in [4.69, 9.17) is 5.14 Å². The van der Waals surface area contributed by atoms with Crippen LogP contribution in [0.1, 0.15) is 6.92 Å². The molecule has 2 N–H and O–H groups in total. The summed E-state index contributed by atoms with van der Waals surface area (Å²) in [5.74, 6) is -0.426. The molecule has 0 aliphatic carbocycles. The first-order valence-corrected chi connectivity index (χ1v) is 5.79. The molecule has 0 unspecified atom stereocenters. The molecule has 7 nitrogen and oxygen atoms in total. The second kappa shape index (κ2) is 5.77. The second-order valence-electron chi connectivity index (χ2n) is 2.45. The fraction of sp³-hybridized carbons (Fsp3) is 0.400. The number of carbonyl (C=O) groups excluding carboxylic acids is 1. The van der Waals surface area contributed by atoms with Crippen LogP contribution in [-0.4, -0.2) is 75.5 Å². The summed E-state index contributed by atoms with van der Waals surface area (Å²) in [6.45, 7) is 1.26. The molecule has 0 aliphatic rings. The van der Waals surface area contributed by atoms with Gasteiger partial charge in [0.1, 0.15) is 0 Å². The first-order valence-electron chi connectivity index (χ1n) is 3.43. The number of hydrogen-bond donors (Lipinski definition) is 1. The van der Waals surface area contributed by atoms with Gasteiger partial charge in [0.2, 0.25) is 15.0 Å². The Bertz CT molecular complexity index is 529. The number of sulfonamides is 1. The summed E-state index contributed by atoms with van der Waals surface area (Å²) in [4.78, 5) is 14.4. The molecule has 0 fully saturated rings. The summed E-state index contributed by atoms with van der Waals surface area (Å²) < 4.78 is 22.7. The molecule has 0 aromatic carbocycles. The van der Waals surface area contributed by atoms with E-state index < -0.39 is 15.9 Å². The first kappa shape index (κ1) is 15.6. The molecule has 0 bridgehead atoms. The number of hydrogen-bond acceptors (Lipinski definition) is 5. The van der Waals surface area contributed by atoms with Crippen LogP contribution < -0.4 is 9.94 Å². The zero-order valence-electron chi connectivity index (χ0n) is 7.46. The van der Waals surface area contributed by atoms with Crippen LogP contribution in [-0.2, 0) is 21.9 Å². The van der Waals surface area contributed by atoms with Gasteiger partial charge in [-0.1, -0.05) is 11.3 Å². The van der Waals surface area contributed by atoms with Crippen molar-refractivity contribution in [2.45, 2.75) is 11.3 Å². The Labute approximate surface area is 133 Å². The standard InChI is InChI=1S/C5H8N4O3S2.K.H/c1-3(10)7-4-9(2)8-5(13-4)14(6,11)12;;/h1-2H3,(H2,6,11,12);;. The maximum absolute atomic E-state index is 10.9. The average Bonchev–Trinajstić information content (AvgIpc) is 2.30. The van der Waals surface area contributed by atoms with Gasteiger partial charge in [-0.05, 0) is 0 Å². The fourth-order valence-corrected chi connectivity index (χ4v) is 2.27. The van der Waals surface area contributed by atoms with Crippen LogP contribution >= 0.6 is 11.3 Å². The summed E-state index contributed by atoms with van der Waals surface area (Å²) >= 11 is 0.746. The van der Waals surface area contributed by atoms with Crippen LogP contribution in [0.15, 0.2) is 9.33 Å². The van der Waals surface area contributed by atoms with E-state index in [1.165, 1.54) is 18.7 Å². The maximum atomic E-state index is 10.9. The van der Waals surface area contributed by atoms with Gasteiger partial charge in [0, 0.05) is 14.0 Å². The number of rotatable bonds is 1. The third-order valence-corrected chi connectivity index (χ3v) is 3.49. The Kier molecular flexibility index (Phi) is 5.99. The van der Waals surface area contributed by atoms with Crippen LogP contribution in [0.4, 0.5) is 0 Å². The predicted octanol–water partition coefficient (Wildman–Crippen LogP) is -2.07. The number of primary sulfonamides is 1. The number of aryl methyl sites for hydroxylation is 1. The quantitative estimate of drug-likeness (QED) is 0.594. The van der Waals surface area contributed by atoms with E-state index in [-0.39, 0.29) is 60.5 Å². The SMILES string of the molecule is CC(=O)N=c1sc(S(N)(=O)=O)nn1C.[KH]. The number of nitrogens with zero attached hydrogens (tertiary/aromatic N) is 3. The third kappa shape index (κ3) is 4.52. The molecule has 0 spiro atoms. The Morgan fingerprint density at radius 1 is 1.60 bits per heavy atom. The van der Waals surface area contributed by atoms with Crippen molar-refractivity contribution >= 4 is 78.7 Å². The monoisotopic (exact) mass is 276 g/mol. The summed E-state index contributed by atoms with van der Waals surface area (Å²) in [6, 6.07) is 0. The van der Waals surface area contributed by atoms with Gasteiger partial charge in [-0.2, -0.15) is 4.99 Å². The fourth-order valence-electron chi connectivity index (χ4n) is 0.675. The molecule has 1 amide bonds. The van der Waals surface area contributed by atoms with Gasteiger partial charge < -0.3 is 0 Å². The molecule has 1 aromatic heterocycles. The van der Waals surface area contributed by atoms with Crippen molar-refractivity contribution in [2.24, 2.45) is 17.2 Å². The normalized spacial score (nSPS) is 12.3. The van der Waals surface area contributed by atoms with Crippen molar-refractivity contribution in [2.75, 3.05) is 0 Å². The van der Waals surface area contributed by atoms with Crippen molar-refractivity contribution in [3.8, 4) is 0 Å². The summed E-state index contributed by atoms with van der Waals surface area (Å²) in [5.41, 5.74) is 0. The summed E-state index contributed by atoms with van der Waals surface area (Å²) in [6.07, 6.45) is 0. The Hall–Kier alpha value is 0.576. The molecule has 10 heteroatoms. The van der Waals surface area contributed by atoms with Crippen molar-refractivity contribution < 1.29 is 13.2 Å². The topological polar surface area (TPSA) is 107 Å². The van der Waals surface area contributed by atoms with E-state index in [9.17, 15) is 13.2 Å². The Morgan fingerprint density at radius 2 is 2.13 bits per heavy atom. The van der Waals surface area contributed by atoms with Gasteiger partial charge in [0.15, 0.2) is 0 Å². The van der Waals surface area contributed by atoms with Crippen LogP contribution in [0.3, 0.4) is 0 Å². The average molecular weight is 276 g/mol. The van der Waals surface area contributed by atoms with Crippen molar-refractivity contribution in [1.82, 2.24) is 9.78 Å². The van der Waals surface area contributed by atoms with E-state index in [0.29, 0.717) is 0 Å². The number of aromatic nitrogens is 2. The van der Waals surface area contributed by atoms with Crippen molar-refractivity contribution in [3.63, 3.8) is 0 Å². The molecule has 1 heterocycles. The van der Waals surface area contributed by atoms with Gasteiger partial charge in [0.05, 0.1) is 0 Å². The molecule has 0 aliphatic heterocycles. The number of nitrogens with two attached hydrogens (primary N) is 1. The van der Waals surface area contributed by atoms with Crippen LogP contribution in [0.25, 0.3) is 0 Å². The number of amides is 1. The first-order chi connectivity index (χ1) is 6.30. The molecular weight excluding hydrogens is 267 g/mol.